The molecule has 0 saturated carbocycles. The molecule has 17 heavy (non-hydrogen) atoms. The number of carbonyl (C=O) groups excluding carboxylic acids is 1. The first-order valence-electron chi connectivity index (χ1n) is 5.96. The number of hydrogen-bond acceptors (Lipinski definition) is 3. The van der Waals surface area contributed by atoms with E-state index in [1.54, 1.807) is 20.8 Å². The van der Waals surface area contributed by atoms with Crippen molar-refractivity contribution in [2.75, 3.05) is 0 Å². The molecule has 0 spiro atoms. The second kappa shape index (κ2) is 4.94. The standard InChI is InChI=1S/C12H21NO4/c1-8-6-5-7-9(13(8)11(15)16)10(14)17-12(2,3)4/h8-9H,5-7H2,1-4H3,(H,15,16). The Morgan fingerprint density at radius 3 is 2.35 bits per heavy atom. The van der Waals surface area contributed by atoms with Gasteiger partial charge in [-0.15, -0.1) is 0 Å². The Kier molecular flexibility index (Phi) is 4.01. The molecule has 0 aliphatic carbocycles. The van der Waals surface area contributed by atoms with Crippen molar-refractivity contribution in [3.8, 4) is 0 Å². The summed E-state index contributed by atoms with van der Waals surface area (Å²) in [5.74, 6) is -0.438. The summed E-state index contributed by atoms with van der Waals surface area (Å²) >= 11 is 0. The molecule has 1 aliphatic heterocycles. The monoisotopic (exact) mass is 243 g/mol. The number of piperidine rings is 1. The van der Waals surface area contributed by atoms with Crippen molar-refractivity contribution < 1.29 is 19.4 Å². The Morgan fingerprint density at radius 1 is 1.29 bits per heavy atom. The van der Waals surface area contributed by atoms with Gasteiger partial charge in [-0.05, 0) is 47.0 Å². The third-order valence-corrected chi connectivity index (χ3v) is 2.81. The van der Waals surface area contributed by atoms with Gasteiger partial charge in [0.15, 0.2) is 0 Å². The Labute approximate surface area is 102 Å². The Hall–Kier alpha value is -1.26. The van der Waals surface area contributed by atoms with Gasteiger partial charge in [0, 0.05) is 6.04 Å². The summed E-state index contributed by atoms with van der Waals surface area (Å²) in [6, 6.07) is -0.783. The number of carboxylic acid groups (broad SMARTS) is 1. The lowest BCUT2D eigenvalue weighted by molar-refractivity contribution is -0.162. The van der Waals surface area contributed by atoms with E-state index in [4.69, 9.17) is 9.84 Å². The predicted octanol–water partition coefficient (Wildman–Crippen LogP) is 2.25. The van der Waals surface area contributed by atoms with E-state index in [2.05, 4.69) is 0 Å². The van der Waals surface area contributed by atoms with Crippen molar-refractivity contribution in [2.24, 2.45) is 0 Å². The van der Waals surface area contributed by atoms with Crippen molar-refractivity contribution in [3.63, 3.8) is 0 Å². The number of esters is 1. The van der Waals surface area contributed by atoms with Crippen LogP contribution in [0.5, 0.6) is 0 Å². The minimum absolute atomic E-state index is 0.126. The third-order valence-electron chi connectivity index (χ3n) is 2.81. The summed E-state index contributed by atoms with van der Waals surface area (Å²) in [5, 5.41) is 9.14. The molecule has 0 bridgehead atoms. The van der Waals surface area contributed by atoms with E-state index in [1.807, 2.05) is 6.92 Å². The van der Waals surface area contributed by atoms with Gasteiger partial charge in [-0.2, -0.15) is 0 Å². The van der Waals surface area contributed by atoms with E-state index in [0.717, 1.165) is 12.8 Å². The van der Waals surface area contributed by atoms with Gasteiger partial charge < -0.3 is 9.84 Å². The minimum atomic E-state index is -1.05. The fourth-order valence-electron chi connectivity index (χ4n) is 2.12. The number of amides is 1. The average Bonchev–Trinajstić information content (AvgIpc) is 2.13. The van der Waals surface area contributed by atoms with E-state index >= 15 is 0 Å². The summed E-state index contributed by atoms with van der Waals surface area (Å²) in [4.78, 5) is 24.3. The molecular weight excluding hydrogens is 222 g/mol. The maximum atomic E-state index is 11.9. The first-order valence-corrected chi connectivity index (χ1v) is 5.96. The van der Waals surface area contributed by atoms with Crippen LogP contribution in [0.2, 0.25) is 0 Å². The van der Waals surface area contributed by atoms with Gasteiger partial charge in [0.25, 0.3) is 0 Å². The molecule has 2 unspecified atom stereocenters. The lowest BCUT2D eigenvalue weighted by atomic mass is 9.97. The van der Waals surface area contributed by atoms with Gasteiger partial charge in [-0.3, -0.25) is 4.90 Å². The molecule has 0 aromatic rings. The molecule has 1 fully saturated rings. The van der Waals surface area contributed by atoms with E-state index in [9.17, 15) is 9.59 Å². The first-order chi connectivity index (χ1) is 7.72. The highest BCUT2D eigenvalue weighted by atomic mass is 16.6. The summed E-state index contributed by atoms with van der Waals surface area (Å²) in [6.45, 7) is 7.16. The van der Waals surface area contributed by atoms with Crippen LogP contribution < -0.4 is 0 Å². The summed E-state index contributed by atoms with van der Waals surface area (Å²) in [6.07, 6.45) is 1.15. The highest BCUT2D eigenvalue weighted by Crippen LogP contribution is 2.25. The van der Waals surface area contributed by atoms with Crippen LogP contribution in [0.1, 0.15) is 47.0 Å². The van der Waals surface area contributed by atoms with Gasteiger partial charge in [0.05, 0.1) is 0 Å². The fraction of sp³-hybridized carbons (Fsp3) is 0.833. The summed E-state index contributed by atoms with van der Waals surface area (Å²) < 4.78 is 5.26. The van der Waals surface area contributed by atoms with Crippen molar-refractivity contribution in [3.05, 3.63) is 0 Å². The molecule has 1 heterocycles. The predicted molar refractivity (Wildman–Crippen MR) is 62.8 cm³/mol. The SMILES string of the molecule is CC1CCCC(C(=O)OC(C)(C)C)N1C(=O)O. The molecule has 2 atom stereocenters. The molecule has 98 valence electrons. The fourth-order valence-corrected chi connectivity index (χ4v) is 2.12. The largest absolute Gasteiger partial charge is 0.465 e. The van der Waals surface area contributed by atoms with E-state index < -0.39 is 23.7 Å². The maximum absolute atomic E-state index is 11.9. The number of ether oxygens (including phenoxy) is 1. The highest BCUT2D eigenvalue weighted by Gasteiger charge is 2.38. The quantitative estimate of drug-likeness (QED) is 0.717. The van der Waals surface area contributed by atoms with Crippen molar-refractivity contribution in [1.29, 1.82) is 0 Å². The molecule has 5 nitrogen and oxygen atoms in total. The second-order valence-corrected chi connectivity index (χ2v) is 5.52. The highest BCUT2D eigenvalue weighted by molar-refractivity contribution is 5.81. The topological polar surface area (TPSA) is 66.8 Å². The lowest BCUT2D eigenvalue weighted by Crippen LogP contribution is -2.53. The van der Waals surface area contributed by atoms with Crippen LogP contribution in [0, 0.1) is 0 Å². The lowest BCUT2D eigenvalue weighted by Gasteiger charge is -2.38. The van der Waals surface area contributed by atoms with Gasteiger partial charge in [0.1, 0.15) is 11.6 Å². The second-order valence-electron chi connectivity index (χ2n) is 5.52. The maximum Gasteiger partial charge on any atom is 0.408 e. The van der Waals surface area contributed by atoms with E-state index in [-0.39, 0.29) is 6.04 Å². The molecule has 0 radical (unpaired) electrons. The van der Waals surface area contributed by atoms with Crippen LogP contribution in [0.25, 0.3) is 0 Å². The molecule has 0 aromatic carbocycles. The van der Waals surface area contributed by atoms with E-state index in [1.165, 1.54) is 4.90 Å². The van der Waals surface area contributed by atoms with Crippen LogP contribution in [-0.4, -0.2) is 39.8 Å². The normalized spacial score (nSPS) is 25.5. The number of hydrogen-bond donors (Lipinski definition) is 1. The van der Waals surface area contributed by atoms with Gasteiger partial charge in [-0.1, -0.05) is 0 Å². The number of likely N-dealkylation sites (tertiary alicyclic amines) is 1. The van der Waals surface area contributed by atoms with Crippen LogP contribution in [0.3, 0.4) is 0 Å². The van der Waals surface area contributed by atoms with Crippen molar-refractivity contribution in [2.45, 2.75) is 64.6 Å². The Bertz CT molecular complexity index is 308. The van der Waals surface area contributed by atoms with Gasteiger partial charge in [-0.25, -0.2) is 9.59 Å². The van der Waals surface area contributed by atoms with Crippen LogP contribution >= 0.6 is 0 Å². The van der Waals surface area contributed by atoms with Gasteiger partial charge >= 0.3 is 12.1 Å². The molecule has 1 aliphatic rings. The van der Waals surface area contributed by atoms with Crippen molar-refractivity contribution in [1.82, 2.24) is 4.90 Å². The van der Waals surface area contributed by atoms with Crippen molar-refractivity contribution >= 4 is 12.1 Å². The Morgan fingerprint density at radius 2 is 1.88 bits per heavy atom. The number of carbonyl (C=O) groups is 2. The average molecular weight is 243 g/mol. The Balaban J connectivity index is 2.79. The van der Waals surface area contributed by atoms with Gasteiger partial charge in [0.2, 0.25) is 0 Å². The molecule has 1 N–H and O–H groups in total. The number of nitrogens with zero attached hydrogens (tertiary/aromatic N) is 1. The summed E-state index contributed by atoms with van der Waals surface area (Å²) in [7, 11) is 0. The van der Waals surface area contributed by atoms with Crippen LogP contribution in [0.15, 0.2) is 0 Å². The number of rotatable bonds is 1. The molecular formula is C12H21NO4. The zero-order valence-electron chi connectivity index (χ0n) is 10.9. The zero-order valence-corrected chi connectivity index (χ0v) is 10.9. The summed E-state index contributed by atoms with van der Waals surface area (Å²) in [5.41, 5.74) is -0.581. The molecule has 1 amide bonds. The first kappa shape index (κ1) is 13.8. The smallest absolute Gasteiger partial charge is 0.408 e. The third kappa shape index (κ3) is 3.61. The molecule has 1 rings (SSSR count). The minimum Gasteiger partial charge on any atom is -0.465 e. The molecule has 0 aromatic heterocycles. The molecule has 5 heteroatoms. The zero-order chi connectivity index (χ0) is 13.2. The van der Waals surface area contributed by atoms with E-state index in [0.29, 0.717) is 6.42 Å². The van der Waals surface area contributed by atoms with Crippen LogP contribution in [0.4, 0.5) is 4.79 Å². The van der Waals surface area contributed by atoms with Crippen LogP contribution in [-0.2, 0) is 9.53 Å². The molecule has 1 saturated heterocycles.